The first-order valence-corrected chi connectivity index (χ1v) is 5.67. The fraction of sp³-hybridized carbons (Fsp3) is 0.455. The first-order chi connectivity index (χ1) is 8.19. The van der Waals surface area contributed by atoms with Gasteiger partial charge in [-0.3, -0.25) is 10.1 Å². The van der Waals surface area contributed by atoms with E-state index in [9.17, 15) is 10.1 Å². The van der Waals surface area contributed by atoms with Crippen molar-refractivity contribution in [2.45, 2.75) is 32.7 Å². The van der Waals surface area contributed by atoms with Gasteiger partial charge in [0, 0.05) is 6.07 Å². The second kappa shape index (κ2) is 4.48. The molecular weight excluding hydrogens is 220 g/mol. The first-order valence-electron chi connectivity index (χ1n) is 5.67. The molecule has 0 N–H and O–H groups in total. The van der Waals surface area contributed by atoms with Crippen LogP contribution in [0.2, 0.25) is 0 Å². The van der Waals surface area contributed by atoms with Gasteiger partial charge in [-0.1, -0.05) is 25.1 Å². The lowest BCUT2D eigenvalue weighted by Crippen LogP contribution is -2.08. The summed E-state index contributed by atoms with van der Waals surface area (Å²) in [5.41, 5.74) is 1.11. The summed E-state index contributed by atoms with van der Waals surface area (Å²) < 4.78 is 1.78. The van der Waals surface area contributed by atoms with E-state index >= 15 is 0 Å². The molecule has 0 atom stereocenters. The lowest BCUT2D eigenvalue weighted by Gasteiger charge is -2.12. The first kappa shape index (κ1) is 11.5. The SMILES string of the molecule is CCC(CC)n1nnc2c([N+](=O)[O-])cccc21. The lowest BCUT2D eigenvalue weighted by atomic mass is 10.1. The second-order valence-corrected chi connectivity index (χ2v) is 3.91. The van der Waals surface area contributed by atoms with Crippen molar-refractivity contribution in [2.24, 2.45) is 0 Å². The van der Waals surface area contributed by atoms with Gasteiger partial charge in [-0.25, -0.2) is 4.68 Å². The van der Waals surface area contributed by atoms with Crippen LogP contribution in [-0.2, 0) is 0 Å². The molecule has 0 saturated heterocycles. The summed E-state index contributed by atoms with van der Waals surface area (Å²) in [4.78, 5) is 10.4. The summed E-state index contributed by atoms with van der Waals surface area (Å²) in [6.45, 7) is 4.14. The van der Waals surface area contributed by atoms with Crippen molar-refractivity contribution in [2.75, 3.05) is 0 Å². The van der Waals surface area contributed by atoms with Gasteiger partial charge < -0.3 is 0 Å². The molecule has 0 amide bonds. The predicted molar refractivity (Wildman–Crippen MR) is 63.8 cm³/mol. The smallest absolute Gasteiger partial charge is 0.258 e. The van der Waals surface area contributed by atoms with Crippen LogP contribution in [0.1, 0.15) is 32.7 Å². The number of non-ortho nitro benzene ring substituents is 1. The van der Waals surface area contributed by atoms with Crippen LogP contribution in [0.3, 0.4) is 0 Å². The highest BCUT2D eigenvalue weighted by Crippen LogP contribution is 2.26. The minimum absolute atomic E-state index is 0.0136. The van der Waals surface area contributed by atoms with Crippen LogP contribution in [0.25, 0.3) is 11.0 Å². The van der Waals surface area contributed by atoms with Crippen molar-refractivity contribution >= 4 is 16.7 Å². The topological polar surface area (TPSA) is 73.8 Å². The molecule has 1 aromatic heterocycles. The van der Waals surface area contributed by atoms with Gasteiger partial charge in [0.05, 0.1) is 16.5 Å². The Morgan fingerprint density at radius 3 is 2.71 bits per heavy atom. The molecule has 1 heterocycles. The molecule has 1 aromatic carbocycles. The average molecular weight is 234 g/mol. The minimum atomic E-state index is -0.422. The number of rotatable bonds is 4. The van der Waals surface area contributed by atoms with Crippen LogP contribution in [0.4, 0.5) is 5.69 Å². The molecule has 17 heavy (non-hydrogen) atoms. The molecule has 6 heteroatoms. The van der Waals surface area contributed by atoms with Crippen molar-refractivity contribution in [3.8, 4) is 0 Å². The van der Waals surface area contributed by atoms with E-state index in [-0.39, 0.29) is 11.7 Å². The number of aromatic nitrogens is 3. The van der Waals surface area contributed by atoms with Crippen molar-refractivity contribution in [1.29, 1.82) is 0 Å². The van der Waals surface area contributed by atoms with Gasteiger partial charge in [-0.05, 0) is 18.9 Å². The van der Waals surface area contributed by atoms with E-state index in [1.54, 1.807) is 10.7 Å². The van der Waals surface area contributed by atoms with Crippen LogP contribution in [0.15, 0.2) is 18.2 Å². The van der Waals surface area contributed by atoms with E-state index in [4.69, 9.17) is 0 Å². The van der Waals surface area contributed by atoms with E-state index in [0.29, 0.717) is 5.52 Å². The zero-order valence-electron chi connectivity index (χ0n) is 9.83. The Morgan fingerprint density at radius 1 is 1.41 bits per heavy atom. The summed E-state index contributed by atoms with van der Waals surface area (Å²) in [6, 6.07) is 5.18. The van der Waals surface area contributed by atoms with Gasteiger partial charge in [0.1, 0.15) is 0 Å². The lowest BCUT2D eigenvalue weighted by molar-refractivity contribution is -0.383. The summed E-state index contributed by atoms with van der Waals surface area (Å²) in [5, 5.41) is 18.8. The van der Waals surface area contributed by atoms with Crippen molar-refractivity contribution in [3.05, 3.63) is 28.3 Å². The zero-order valence-corrected chi connectivity index (χ0v) is 9.83. The number of nitrogens with zero attached hydrogens (tertiary/aromatic N) is 4. The molecule has 0 aliphatic carbocycles. The zero-order chi connectivity index (χ0) is 12.4. The van der Waals surface area contributed by atoms with Crippen LogP contribution < -0.4 is 0 Å². The Hall–Kier alpha value is -1.98. The second-order valence-electron chi connectivity index (χ2n) is 3.91. The van der Waals surface area contributed by atoms with E-state index in [1.165, 1.54) is 6.07 Å². The van der Waals surface area contributed by atoms with Crippen LogP contribution >= 0.6 is 0 Å². The van der Waals surface area contributed by atoms with E-state index in [0.717, 1.165) is 18.4 Å². The average Bonchev–Trinajstić information content (AvgIpc) is 2.74. The number of nitro groups is 1. The molecular formula is C11H14N4O2. The highest BCUT2D eigenvalue weighted by atomic mass is 16.6. The van der Waals surface area contributed by atoms with Gasteiger partial charge in [-0.15, -0.1) is 5.10 Å². The maximum Gasteiger partial charge on any atom is 0.299 e. The summed E-state index contributed by atoms with van der Waals surface area (Å²) in [5.74, 6) is 0. The number of hydrogen-bond donors (Lipinski definition) is 0. The third kappa shape index (κ3) is 1.86. The highest BCUT2D eigenvalue weighted by Gasteiger charge is 2.19. The fourth-order valence-electron chi connectivity index (χ4n) is 2.00. The number of fused-ring (bicyclic) bond motifs is 1. The molecule has 0 aliphatic rings. The molecule has 2 rings (SSSR count). The highest BCUT2D eigenvalue weighted by molar-refractivity contribution is 5.83. The third-order valence-corrected chi connectivity index (χ3v) is 2.97. The van der Waals surface area contributed by atoms with Gasteiger partial charge in [0.2, 0.25) is 0 Å². The number of benzene rings is 1. The molecule has 0 aliphatic heterocycles. The molecule has 0 radical (unpaired) electrons. The Labute approximate surface area is 98.4 Å². The largest absolute Gasteiger partial charge is 0.299 e. The van der Waals surface area contributed by atoms with E-state index in [2.05, 4.69) is 24.2 Å². The van der Waals surface area contributed by atoms with Gasteiger partial charge in [0.25, 0.3) is 5.69 Å². The Morgan fingerprint density at radius 2 is 2.12 bits per heavy atom. The van der Waals surface area contributed by atoms with Crippen molar-refractivity contribution < 1.29 is 4.92 Å². The summed E-state index contributed by atoms with van der Waals surface area (Å²) in [6.07, 6.45) is 1.86. The summed E-state index contributed by atoms with van der Waals surface area (Å²) >= 11 is 0. The molecule has 0 unspecified atom stereocenters. The Balaban J connectivity index is 2.62. The standard InChI is InChI=1S/C11H14N4O2/c1-3-8(4-2)14-9-6-5-7-10(15(16)17)11(9)12-13-14/h5-8H,3-4H2,1-2H3. The quantitative estimate of drug-likeness (QED) is 0.602. The Kier molecular flexibility index (Phi) is 3.03. The maximum absolute atomic E-state index is 10.9. The van der Waals surface area contributed by atoms with E-state index < -0.39 is 4.92 Å². The van der Waals surface area contributed by atoms with Gasteiger partial charge in [0.15, 0.2) is 5.52 Å². The van der Waals surface area contributed by atoms with Crippen molar-refractivity contribution in [1.82, 2.24) is 15.0 Å². The van der Waals surface area contributed by atoms with E-state index in [1.807, 2.05) is 6.07 Å². The number of nitro benzene ring substituents is 1. The molecule has 0 bridgehead atoms. The molecule has 90 valence electrons. The van der Waals surface area contributed by atoms with Crippen LogP contribution in [-0.4, -0.2) is 19.9 Å². The molecule has 2 aromatic rings. The van der Waals surface area contributed by atoms with Crippen LogP contribution in [0, 0.1) is 10.1 Å². The molecule has 6 nitrogen and oxygen atoms in total. The monoisotopic (exact) mass is 234 g/mol. The van der Waals surface area contributed by atoms with Crippen molar-refractivity contribution in [3.63, 3.8) is 0 Å². The van der Waals surface area contributed by atoms with Crippen LogP contribution in [0.5, 0.6) is 0 Å². The fourth-order valence-corrected chi connectivity index (χ4v) is 2.00. The predicted octanol–water partition coefficient (Wildman–Crippen LogP) is 2.70. The van der Waals surface area contributed by atoms with Gasteiger partial charge in [-0.2, -0.15) is 0 Å². The minimum Gasteiger partial charge on any atom is -0.258 e. The third-order valence-electron chi connectivity index (χ3n) is 2.97. The molecule has 0 fully saturated rings. The van der Waals surface area contributed by atoms with Gasteiger partial charge >= 0.3 is 0 Å². The molecule has 0 saturated carbocycles. The normalized spacial score (nSPS) is 11.2. The maximum atomic E-state index is 10.9. The summed E-state index contributed by atoms with van der Waals surface area (Å²) in [7, 11) is 0. The molecule has 0 spiro atoms. The number of hydrogen-bond acceptors (Lipinski definition) is 4. The Bertz CT molecular complexity index is 545.